The smallest absolute Gasteiger partial charge is 0.348 e. The Morgan fingerprint density at radius 2 is 1.82 bits per heavy atom. The summed E-state index contributed by atoms with van der Waals surface area (Å²) in [5.74, 6) is -4.41. The number of primary amides is 1. The minimum Gasteiger partial charge on any atom is -0.491 e. The number of carbonyl (C=O) groups is 2. The second-order valence-electron chi connectivity index (χ2n) is 8.26. The summed E-state index contributed by atoms with van der Waals surface area (Å²) in [6.45, 7) is -0.620. The van der Waals surface area contributed by atoms with Crippen molar-refractivity contribution >= 4 is 34.2 Å². The highest BCUT2D eigenvalue weighted by molar-refractivity contribution is 7.13. The Balaban J connectivity index is 1.66. The molecule has 2 aromatic carbocycles. The first-order valence-electron chi connectivity index (χ1n) is 11.4. The summed E-state index contributed by atoms with van der Waals surface area (Å²) >= 11 is 0.868. The number of esters is 1. The van der Waals surface area contributed by atoms with Crippen LogP contribution in [0.25, 0.3) is 16.6 Å². The zero-order valence-electron chi connectivity index (χ0n) is 21.0. The van der Waals surface area contributed by atoms with Gasteiger partial charge in [-0.15, -0.1) is 11.3 Å². The number of methoxy groups -OCH3 is 1. The Morgan fingerprint density at radius 3 is 2.52 bits per heavy atom. The molecule has 11 nitrogen and oxygen atoms in total. The number of rotatable bonds is 9. The van der Waals surface area contributed by atoms with Gasteiger partial charge in [0, 0.05) is 18.5 Å². The molecule has 0 saturated carbocycles. The van der Waals surface area contributed by atoms with E-state index in [1.807, 2.05) is 0 Å². The number of halogens is 3. The van der Waals surface area contributed by atoms with E-state index in [-0.39, 0.29) is 46.0 Å². The van der Waals surface area contributed by atoms with Gasteiger partial charge in [0.2, 0.25) is 0 Å². The predicted octanol–water partition coefficient (Wildman–Crippen LogP) is 2.91. The van der Waals surface area contributed by atoms with Crippen LogP contribution >= 0.6 is 11.3 Å². The summed E-state index contributed by atoms with van der Waals surface area (Å²) in [6.07, 6.45) is 0. The highest BCUT2D eigenvalue weighted by atomic mass is 32.1. The number of hydrogen-bond acceptors (Lipinski definition) is 8. The monoisotopic (exact) mass is 578 g/mol. The highest BCUT2D eigenvalue weighted by Gasteiger charge is 2.22. The number of urea groups is 1. The molecule has 3 N–H and O–H groups in total. The number of ether oxygens (including phenoxy) is 3. The van der Waals surface area contributed by atoms with E-state index in [1.54, 1.807) is 0 Å². The van der Waals surface area contributed by atoms with Crippen LogP contribution in [-0.2, 0) is 11.3 Å². The Hall–Kier alpha value is -4.79. The SMILES string of the molecule is COC(=O)c1scc2[nH]c(=O)n(-c3cc(OCc4c(OCCN(C)C(N)=O)ccc(F)c4F)ccc3F)c(=O)c12. The van der Waals surface area contributed by atoms with Gasteiger partial charge in [-0.25, -0.2) is 32.1 Å². The van der Waals surface area contributed by atoms with E-state index in [0.717, 1.165) is 47.6 Å². The first-order chi connectivity index (χ1) is 19.0. The lowest BCUT2D eigenvalue weighted by atomic mass is 10.2. The quantitative estimate of drug-likeness (QED) is 0.291. The lowest BCUT2D eigenvalue weighted by molar-refractivity contribution is 0.0608. The van der Waals surface area contributed by atoms with Crippen LogP contribution in [0.3, 0.4) is 0 Å². The minimum atomic E-state index is -1.26. The number of nitrogens with one attached hydrogen (secondary N) is 1. The number of benzene rings is 2. The molecule has 0 radical (unpaired) electrons. The van der Waals surface area contributed by atoms with Gasteiger partial charge in [-0.2, -0.15) is 0 Å². The molecule has 0 aliphatic heterocycles. The van der Waals surface area contributed by atoms with Crippen molar-refractivity contribution in [2.75, 3.05) is 27.3 Å². The van der Waals surface area contributed by atoms with E-state index < -0.39 is 53.0 Å². The largest absolute Gasteiger partial charge is 0.491 e. The fraction of sp³-hybridized carbons (Fsp3) is 0.200. The number of carbonyl (C=O) groups excluding carboxylic acids is 2. The third kappa shape index (κ3) is 5.49. The molecule has 4 rings (SSSR count). The normalized spacial score (nSPS) is 10.9. The molecule has 2 amide bonds. The molecule has 2 heterocycles. The molecule has 0 saturated heterocycles. The average molecular weight is 579 g/mol. The predicted molar refractivity (Wildman–Crippen MR) is 138 cm³/mol. The van der Waals surface area contributed by atoms with Crippen molar-refractivity contribution in [3.8, 4) is 17.2 Å². The molecule has 0 unspecified atom stereocenters. The van der Waals surface area contributed by atoms with Gasteiger partial charge >= 0.3 is 17.7 Å². The van der Waals surface area contributed by atoms with Crippen LogP contribution < -0.4 is 26.5 Å². The van der Waals surface area contributed by atoms with E-state index in [2.05, 4.69) is 9.72 Å². The summed E-state index contributed by atoms with van der Waals surface area (Å²) < 4.78 is 59.6. The maximum Gasteiger partial charge on any atom is 0.348 e. The van der Waals surface area contributed by atoms with Crippen molar-refractivity contribution < 1.29 is 37.0 Å². The summed E-state index contributed by atoms with van der Waals surface area (Å²) in [4.78, 5) is 52.6. The van der Waals surface area contributed by atoms with Gasteiger partial charge in [0.15, 0.2) is 11.6 Å². The summed E-state index contributed by atoms with van der Waals surface area (Å²) in [6, 6.07) is 4.40. The van der Waals surface area contributed by atoms with Gasteiger partial charge in [-0.05, 0) is 24.3 Å². The molecule has 0 fully saturated rings. The van der Waals surface area contributed by atoms with E-state index in [4.69, 9.17) is 15.2 Å². The summed E-state index contributed by atoms with van der Waals surface area (Å²) in [7, 11) is 2.55. The maximum atomic E-state index is 14.8. The number of H-pyrrole nitrogens is 1. The van der Waals surface area contributed by atoms with Crippen LogP contribution in [0.2, 0.25) is 0 Å². The van der Waals surface area contributed by atoms with Crippen molar-refractivity contribution in [3.63, 3.8) is 0 Å². The van der Waals surface area contributed by atoms with Crippen molar-refractivity contribution in [3.05, 3.63) is 84.4 Å². The van der Waals surface area contributed by atoms with E-state index >= 15 is 0 Å². The molecule has 0 spiro atoms. The standard InChI is InChI=1S/C25H21F3N4O7S/c1-31(24(29)35)7-8-38-18-6-5-15(27)20(28)13(18)10-39-12-3-4-14(26)17(9-12)32-22(33)19-16(30-25(32)36)11-40-21(19)23(34)37-2/h3-6,9,11H,7-8,10H2,1-2H3,(H2,29,35)(H,30,36). The zero-order chi connectivity index (χ0) is 29.1. The number of likely N-dealkylation sites (N-methyl/N-ethyl adjacent to an activating group) is 1. The minimum absolute atomic E-state index is 0.0609. The number of hydrogen-bond donors (Lipinski definition) is 2. The Morgan fingerprint density at radius 1 is 1.10 bits per heavy atom. The third-order valence-corrected chi connectivity index (χ3v) is 6.74. The van der Waals surface area contributed by atoms with Crippen LogP contribution in [0.15, 0.2) is 45.3 Å². The molecular formula is C25H21F3N4O7S. The molecular weight excluding hydrogens is 557 g/mol. The summed E-state index contributed by atoms with van der Waals surface area (Å²) in [5, 5.41) is 1.21. The Labute approximate surface area is 227 Å². The van der Waals surface area contributed by atoms with Crippen LogP contribution in [-0.4, -0.2) is 53.8 Å². The first-order valence-corrected chi connectivity index (χ1v) is 12.3. The van der Waals surface area contributed by atoms with Crippen molar-refractivity contribution in [1.29, 1.82) is 0 Å². The number of fused-ring (bicyclic) bond motifs is 1. The number of aromatic amines is 1. The average Bonchev–Trinajstić information content (AvgIpc) is 3.35. The highest BCUT2D eigenvalue weighted by Crippen LogP contribution is 2.27. The second kappa shape index (κ2) is 11.5. The van der Waals surface area contributed by atoms with Crippen molar-refractivity contribution in [2.24, 2.45) is 5.73 Å². The van der Waals surface area contributed by atoms with Gasteiger partial charge in [0.1, 0.15) is 35.4 Å². The number of amides is 2. The molecule has 2 aromatic heterocycles. The number of thiophene rings is 1. The van der Waals surface area contributed by atoms with E-state index in [9.17, 15) is 32.3 Å². The van der Waals surface area contributed by atoms with Crippen LogP contribution in [0.1, 0.15) is 15.2 Å². The maximum absolute atomic E-state index is 14.8. The number of nitrogens with two attached hydrogens (primary N) is 1. The van der Waals surface area contributed by atoms with Gasteiger partial charge in [-0.3, -0.25) is 4.79 Å². The molecule has 15 heteroatoms. The van der Waals surface area contributed by atoms with Gasteiger partial charge < -0.3 is 29.8 Å². The first kappa shape index (κ1) is 28.2. The Bertz CT molecular complexity index is 1730. The van der Waals surface area contributed by atoms with Crippen LogP contribution in [0.5, 0.6) is 11.5 Å². The number of nitrogens with zero attached hydrogens (tertiary/aromatic N) is 2. The molecule has 40 heavy (non-hydrogen) atoms. The topological polar surface area (TPSA) is 146 Å². The zero-order valence-corrected chi connectivity index (χ0v) is 21.8. The van der Waals surface area contributed by atoms with Gasteiger partial charge in [0.05, 0.1) is 35.8 Å². The molecule has 0 bridgehead atoms. The third-order valence-electron chi connectivity index (χ3n) is 5.78. The van der Waals surface area contributed by atoms with E-state index in [1.165, 1.54) is 18.5 Å². The van der Waals surface area contributed by atoms with Gasteiger partial charge in [-0.1, -0.05) is 0 Å². The van der Waals surface area contributed by atoms with Crippen molar-refractivity contribution in [1.82, 2.24) is 14.5 Å². The number of aromatic nitrogens is 2. The molecule has 0 atom stereocenters. The molecule has 0 aliphatic rings. The lowest BCUT2D eigenvalue weighted by Crippen LogP contribution is -2.35. The molecule has 0 aliphatic carbocycles. The second-order valence-corrected chi connectivity index (χ2v) is 9.14. The fourth-order valence-electron chi connectivity index (χ4n) is 3.66. The van der Waals surface area contributed by atoms with Crippen molar-refractivity contribution in [2.45, 2.75) is 6.61 Å². The summed E-state index contributed by atoms with van der Waals surface area (Å²) in [5.41, 5.74) is 2.41. The molecule has 4 aromatic rings. The van der Waals surface area contributed by atoms with Crippen LogP contribution in [0.4, 0.5) is 18.0 Å². The van der Waals surface area contributed by atoms with Gasteiger partial charge in [0.25, 0.3) is 5.56 Å². The van der Waals surface area contributed by atoms with Crippen LogP contribution in [0, 0.1) is 17.5 Å². The fourth-order valence-corrected chi connectivity index (χ4v) is 4.56. The van der Waals surface area contributed by atoms with E-state index in [0.29, 0.717) is 4.57 Å². The molecule has 210 valence electrons. The Kier molecular flexibility index (Phi) is 8.13. The lowest BCUT2D eigenvalue weighted by Gasteiger charge is -2.17.